The molecule has 3 N–H and O–H groups in total. The molecule has 12 heteroatoms. The molecule has 0 saturated carbocycles. The summed E-state index contributed by atoms with van der Waals surface area (Å²) in [7, 11) is 2.94. The lowest BCUT2D eigenvalue weighted by molar-refractivity contribution is -0.248. The number of methoxy groups -OCH3 is 1. The summed E-state index contributed by atoms with van der Waals surface area (Å²) < 4.78 is 11.9. The fraction of sp³-hybridized carbons (Fsp3) is 0.545. The number of fused-ring (bicyclic) bond motifs is 1. The summed E-state index contributed by atoms with van der Waals surface area (Å²) in [4.78, 5) is 24.7. The highest BCUT2D eigenvalue weighted by Gasteiger charge is 2.64. The Balaban J connectivity index is 1.85. The summed E-state index contributed by atoms with van der Waals surface area (Å²) >= 11 is 1.24. The van der Waals surface area contributed by atoms with Gasteiger partial charge in [0.05, 0.1) is 6.61 Å². The van der Waals surface area contributed by atoms with Crippen LogP contribution in [0.25, 0.3) is 0 Å². The van der Waals surface area contributed by atoms with Gasteiger partial charge in [0.1, 0.15) is 5.70 Å². The van der Waals surface area contributed by atoms with Crippen LogP contribution in [0.2, 0.25) is 0 Å². The molecule has 0 spiro atoms. The van der Waals surface area contributed by atoms with Crippen LogP contribution in [0.4, 0.5) is 0 Å². The van der Waals surface area contributed by atoms with Crippen LogP contribution in [0.15, 0.2) is 16.4 Å². The predicted octanol–water partition coefficient (Wildman–Crippen LogP) is -1.86. The van der Waals surface area contributed by atoms with Crippen molar-refractivity contribution in [2.24, 2.45) is 12.8 Å². The number of carbonyl (C=O) groups excluding carboxylic acids is 1. The quantitative estimate of drug-likeness (QED) is 0.355. The Morgan fingerprint density at radius 1 is 1.65 bits per heavy atom. The molecule has 1 amide bonds. The SMILES string of the molecule is COC1(N)C(=O)N2C(C(=O)O)=C(CSc3nnnn3C)COC21. The number of rotatable bonds is 5. The van der Waals surface area contributed by atoms with Gasteiger partial charge >= 0.3 is 5.97 Å². The number of carboxylic acid groups (broad SMARTS) is 1. The molecule has 11 nitrogen and oxygen atoms in total. The maximum atomic E-state index is 12.2. The third kappa shape index (κ3) is 2.30. The van der Waals surface area contributed by atoms with Crippen molar-refractivity contribution in [2.75, 3.05) is 19.5 Å². The largest absolute Gasteiger partial charge is 0.477 e. The van der Waals surface area contributed by atoms with Gasteiger partial charge < -0.3 is 14.6 Å². The van der Waals surface area contributed by atoms with Crippen molar-refractivity contribution < 1.29 is 24.2 Å². The first-order valence-corrected chi connectivity index (χ1v) is 7.48. The van der Waals surface area contributed by atoms with E-state index in [2.05, 4.69) is 15.5 Å². The lowest BCUT2D eigenvalue weighted by Crippen LogP contribution is -2.80. The standard InChI is InChI=1S/C11H14N6O5S/c1-16-10(13-14-15-16)23-4-5-3-22-9-11(12,21-2)8(20)17(9)6(5)7(18)19/h9H,3-4,12H2,1-2H3,(H,18,19). The van der Waals surface area contributed by atoms with Gasteiger partial charge in [-0.1, -0.05) is 11.8 Å². The van der Waals surface area contributed by atoms with E-state index in [1.165, 1.54) is 23.6 Å². The molecule has 23 heavy (non-hydrogen) atoms. The van der Waals surface area contributed by atoms with Gasteiger partial charge in [-0.05, 0) is 16.0 Å². The molecule has 2 unspecified atom stereocenters. The number of aromatic nitrogens is 4. The van der Waals surface area contributed by atoms with Gasteiger partial charge in [-0.25, -0.2) is 9.48 Å². The third-order valence-corrected chi connectivity index (χ3v) is 4.74. The van der Waals surface area contributed by atoms with Crippen molar-refractivity contribution in [1.82, 2.24) is 25.1 Å². The highest BCUT2D eigenvalue weighted by atomic mass is 32.2. The van der Waals surface area contributed by atoms with E-state index in [4.69, 9.17) is 15.2 Å². The van der Waals surface area contributed by atoms with E-state index >= 15 is 0 Å². The zero-order chi connectivity index (χ0) is 16.8. The van der Waals surface area contributed by atoms with Crippen molar-refractivity contribution in [3.05, 3.63) is 11.3 Å². The summed E-state index contributed by atoms with van der Waals surface area (Å²) in [5.41, 5.74) is 4.45. The van der Waals surface area contributed by atoms with Gasteiger partial charge in [0.2, 0.25) is 10.9 Å². The number of aliphatic carboxylic acids is 1. The number of aryl methyl sites for hydroxylation is 1. The van der Waals surface area contributed by atoms with Crippen LogP contribution in [-0.4, -0.2) is 73.5 Å². The van der Waals surface area contributed by atoms with Crippen LogP contribution >= 0.6 is 11.8 Å². The number of carbonyl (C=O) groups is 2. The van der Waals surface area contributed by atoms with E-state index in [1.54, 1.807) is 7.05 Å². The number of carboxylic acids is 1. The molecule has 0 radical (unpaired) electrons. The van der Waals surface area contributed by atoms with Gasteiger partial charge in [0.15, 0.2) is 6.23 Å². The van der Waals surface area contributed by atoms with Crippen LogP contribution in [0.1, 0.15) is 0 Å². The normalized spacial score (nSPS) is 27.0. The lowest BCUT2D eigenvalue weighted by Gasteiger charge is -2.53. The minimum atomic E-state index is -1.65. The zero-order valence-corrected chi connectivity index (χ0v) is 13.1. The summed E-state index contributed by atoms with van der Waals surface area (Å²) in [6.45, 7) is 0.0245. The van der Waals surface area contributed by atoms with E-state index in [9.17, 15) is 14.7 Å². The third-order valence-electron chi connectivity index (χ3n) is 3.64. The maximum Gasteiger partial charge on any atom is 0.352 e. The van der Waals surface area contributed by atoms with Gasteiger partial charge in [-0.2, -0.15) is 0 Å². The average Bonchev–Trinajstić information content (AvgIpc) is 2.95. The first-order valence-electron chi connectivity index (χ1n) is 6.50. The number of β-lactam (4-membered cyclic amide) rings is 1. The van der Waals surface area contributed by atoms with Crippen LogP contribution < -0.4 is 5.73 Å². The van der Waals surface area contributed by atoms with Crippen molar-refractivity contribution in [2.45, 2.75) is 17.1 Å². The van der Waals surface area contributed by atoms with Crippen molar-refractivity contribution in [1.29, 1.82) is 0 Å². The summed E-state index contributed by atoms with van der Waals surface area (Å²) in [5, 5.41) is 21.0. The fourth-order valence-electron chi connectivity index (χ4n) is 2.41. The Morgan fingerprint density at radius 3 is 2.96 bits per heavy atom. The molecule has 0 aliphatic carbocycles. The maximum absolute atomic E-state index is 12.2. The lowest BCUT2D eigenvalue weighted by atomic mass is 9.96. The second-order valence-electron chi connectivity index (χ2n) is 4.97. The second-order valence-corrected chi connectivity index (χ2v) is 5.91. The van der Waals surface area contributed by atoms with Gasteiger partial charge in [-0.15, -0.1) is 5.10 Å². The Kier molecular flexibility index (Phi) is 3.83. The first kappa shape index (κ1) is 15.9. The summed E-state index contributed by atoms with van der Waals surface area (Å²) in [5.74, 6) is -1.61. The Labute approximate surface area is 134 Å². The van der Waals surface area contributed by atoms with Gasteiger partial charge in [0.25, 0.3) is 5.91 Å². The molecule has 0 bridgehead atoms. The average molecular weight is 342 g/mol. The number of hydrogen-bond acceptors (Lipinski definition) is 9. The van der Waals surface area contributed by atoms with E-state index < -0.39 is 23.8 Å². The van der Waals surface area contributed by atoms with Gasteiger partial charge in [0, 0.05) is 19.9 Å². The fourth-order valence-corrected chi connectivity index (χ4v) is 3.25. The molecule has 1 aromatic rings. The topological polar surface area (TPSA) is 146 Å². The molecule has 1 saturated heterocycles. The molecule has 3 rings (SSSR count). The molecule has 3 heterocycles. The molecule has 2 aliphatic heterocycles. The smallest absolute Gasteiger partial charge is 0.352 e. The second kappa shape index (κ2) is 5.56. The highest BCUT2D eigenvalue weighted by Crippen LogP contribution is 2.39. The number of thioether (sulfide) groups is 1. The minimum Gasteiger partial charge on any atom is -0.477 e. The first-order chi connectivity index (χ1) is 10.9. The summed E-state index contributed by atoms with van der Waals surface area (Å²) in [6, 6.07) is 0. The summed E-state index contributed by atoms with van der Waals surface area (Å²) in [6.07, 6.45) is -0.948. The molecule has 2 aliphatic rings. The van der Waals surface area contributed by atoms with E-state index in [-0.39, 0.29) is 18.1 Å². The Bertz CT molecular complexity index is 705. The Hall–Kier alpha value is -2.02. The number of hydrogen-bond donors (Lipinski definition) is 2. The molecular weight excluding hydrogens is 328 g/mol. The molecular formula is C11H14N6O5S. The van der Waals surface area contributed by atoms with Crippen LogP contribution in [0, 0.1) is 0 Å². The minimum absolute atomic E-state index is 0.0245. The number of nitrogens with two attached hydrogens (primary N) is 1. The number of nitrogens with zero attached hydrogens (tertiary/aromatic N) is 5. The van der Waals surface area contributed by atoms with Crippen molar-refractivity contribution >= 4 is 23.6 Å². The van der Waals surface area contributed by atoms with Crippen molar-refractivity contribution in [3.8, 4) is 0 Å². The van der Waals surface area contributed by atoms with E-state index in [0.717, 1.165) is 4.90 Å². The zero-order valence-electron chi connectivity index (χ0n) is 12.3. The van der Waals surface area contributed by atoms with E-state index in [0.29, 0.717) is 10.7 Å². The Morgan fingerprint density at radius 2 is 2.39 bits per heavy atom. The highest BCUT2D eigenvalue weighted by molar-refractivity contribution is 7.99. The van der Waals surface area contributed by atoms with Crippen LogP contribution in [0.3, 0.4) is 0 Å². The van der Waals surface area contributed by atoms with Crippen LogP contribution in [0.5, 0.6) is 0 Å². The number of amides is 1. The number of ether oxygens (including phenoxy) is 2. The monoisotopic (exact) mass is 342 g/mol. The molecule has 1 aromatic heterocycles. The van der Waals surface area contributed by atoms with Crippen molar-refractivity contribution in [3.63, 3.8) is 0 Å². The number of tetrazole rings is 1. The molecule has 2 atom stereocenters. The molecule has 1 fully saturated rings. The van der Waals surface area contributed by atoms with Gasteiger partial charge in [-0.3, -0.25) is 15.4 Å². The predicted molar refractivity (Wildman–Crippen MR) is 74.7 cm³/mol. The van der Waals surface area contributed by atoms with E-state index in [1.807, 2.05) is 0 Å². The van der Waals surface area contributed by atoms with Crippen LogP contribution in [-0.2, 0) is 26.1 Å². The molecule has 124 valence electrons. The molecule has 0 aromatic carbocycles.